The second-order valence-corrected chi connectivity index (χ2v) is 14.7. The maximum absolute atomic E-state index is 13.5. The van der Waals surface area contributed by atoms with Crippen molar-refractivity contribution < 1.29 is 19.0 Å². The molecule has 2 aliphatic rings. The largest absolute Gasteiger partial charge is 0.464 e. The molecule has 0 unspecified atom stereocenters. The molecule has 7 rings (SSSR count). The van der Waals surface area contributed by atoms with Crippen LogP contribution < -0.4 is 0 Å². The van der Waals surface area contributed by atoms with Crippen LogP contribution in [-0.4, -0.2) is 70.2 Å². The van der Waals surface area contributed by atoms with Crippen molar-refractivity contribution in [2.75, 3.05) is 32.9 Å². The van der Waals surface area contributed by atoms with Gasteiger partial charge in [-0.15, -0.1) is 11.3 Å². The highest BCUT2D eigenvalue weighted by Gasteiger charge is 2.39. The highest BCUT2D eigenvalue weighted by atomic mass is 35.5. The highest BCUT2D eigenvalue weighted by Crippen LogP contribution is 2.45. The number of aryl methyl sites for hydroxylation is 2. The number of carbonyl (C=O) groups is 1. The number of ether oxygens (including phenoxy) is 3. The molecule has 3 aromatic carbocycles. The third kappa shape index (κ3) is 5.73. The van der Waals surface area contributed by atoms with E-state index < -0.39 is 17.7 Å². The van der Waals surface area contributed by atoms with Crippen molar-refractivity contribution >= 4 is 50.0 Å². The molecule has 0 amide bonds. The average Bonchev–Trinajstić information content (AvgIpc) is 3.52. The Morgan fingerprint density at radius 1 is 1.11 bits per heavy atom. The van der Waals surface area contributed by atoms with Crippen LogP contribution >= 0.6 is 22.9 Å². The van der Waals surface area contributed by atoms with Gasteiger partial charge in [-0.05, 0) is 82.1 Å². The molecule has 2 saturated heterocycles. The van der Waals surface area contributed by atoms with E-state index in [-0.39, 0.29) is 6.61 Å². The average molecular weight is 659 g/mol. The minimum Gasteiger partial charge on any atom is -0.464 e. The number of benzene rings is 3. The number of hydrogen-bond acceptors (Lipinski definition) is 8. The number of aromatic nitrogens is 3. The van der Waals surface area contributed by atoms with Crippen molar-refractivity contribution in [3.05, 3.63) is 70.4 Å². The van der Waals surface area contributed by atoms with E-state index >= 15 is 0 Å². The summed E-state index contributed by atoms with van der Waals surface area (Å²) in [6.07, 6.45) is -0.913. The van der Waals surface area contributed by atoms with Gasteiger partial charge < -0.3 is 14.2 Å². The van der Waals surface area contributed by atoms with Crippen molar-refractivity contribution in [1.82, 2.24) is 19.7 Å². The Bertz CT molecular complexity index is 1930. The molecular formula is C36H39ClN4O4S. The molecule has 0 bridgehead atoms. The Hall–Kier alpha value is -3.34. The van der Waals surface area contributed by atoms with Crippen molar-refractivity contribution in [1.29, 1.82) is 0 Å². The lowest BCUT2D eigenvalue weighted by Gasteiger charge is -2.47. The van der Waals surface area contributed by atoms with E-state index in [9.17, 15) is 4.79 Å². The Morgan fingerprint density at radius 2 is 1.83 bits per heavy atom. The van der Waals surface area contributed by atoms with Gasteiger partial charge in [0.2, 0.25) is 0 Å². The summed E-state index contributed by atoms with van der Waals surface area (Å²) in [6.45, 7) is 13.6. The summed E-state index contributed by atoms with van der Waals surface area (Å²) >= 11 is 7.95. The number of fused-ring (bicyclic) bond motifs is 2. The first-order valence-electron chi connectivity index (χ1n) is 15.8. The lowest BCUT2D eigenvalue weighted by atomic mass is 9.91. The van der Waals surface area contributed by atoms with Crippen LogP contribution in [0.1, 0.15) is 56.5 Å². The molecule has 0 saturated carbocycles. The van der Waals surface area contributed by atoms with Gasteiger partial charge in [0.25, 0.3) is 0 Å². The Morgan fingerprint density at radius 3 is 2.48 bits per heavy atom. The van der Waals surface area contributed by atoms with Crippen LogP contribution in [0.15, 0.2) is 48.5 Å². The number of thiazole rings is 1. The molecule has 2 aromatic heterocycles. The topological polar surface area (TPSA) is 78.7 Å². The lowest BCUT2D eigenvalue weighted by Crippen LogP contribution is -2.58. The maximum atomic E-state index is 13.5. The van der Waals surface area contributed by atoms with Gasteiger partial charge in [-0.25, -0.2) is 9.78 Å². The molecule has 0 radical (unpaired) electrons. The van der Waals surface area contributed by atoms with Gasteiger partial charge in [-0.2, -0.15) is 5.10 Å². The number of nitrogens with zero attached hydrogens (tertiary/aromatic N) is 4. The molecule has 4 heterocycles. The number of likely N-dealkylation sites (tertiary alicyclic amines) is 1. The minimum atomic E-state index is -0.913. The van der Waals surface area contributed by atoms with Gasteiger partial charge in [0.1, 0.15) is 5.01 Å². The third-order valence-corrected chi connectivity index (χ3v) is 10.2. The highest BCUT2D eigenvalue weighted by molar-refractivity contribution is 7.22. The third-order valence-electron chi connectivity index (χ3n) is 8.85. The summed E-state index contributed by atoms with van der Waals surface area (Å²) in [4.78, 5) is 21.2. The first-order valence-corrected chi connectivity index (χ1v) is 17.0. The Balaban J connectivity index is 1.36. The van der Waals surface area contributed by atoms with Crippen LogP contribution in [0.5, 0.6) is 0 Å². The van der Waals surface area contributed by atoms with E-state index in [4.69, 9.17) is 35.9 Å². The van der Waals surface area contributed by atoms with Crippen LogP contribution in [-0.2, 0) is 26.1 Å². The molecule has 8 nitrogen and oxygen atoms in total. The molecule has 240 valence electrons. The van der Waals surface area contributed by atoms with Gasteiger partial charge in [-0.3, -0.25) is 9.58 Å². The van der Waals surface area contributed by atoms with E-state index in [0.717, 1.165) is 80.6 Å². The van der Waals surface area contributed by atoms with E-state index in [1.807, 2.05) is 70.6 Å². The van der Waals surface area contributed by atoms with E-state index in [2.05, 4.69) is 29.2 Å². The summed E-state index contributed by atoms with van der Waals surface area (Å²) in [5.41, 5.74) is 7.13. The molecule has 10 heteroatoms. The molecule has 0 spiro atoms. The second kappa shape index (κ2) is 12.0. The normalized spacial score (nSPS) is 16.9. The zero-order chi connectivity index (χ0) is 32.3. The number of halogens is 1. The van der Waals surface area contributed by atoms with Gasteiger partial charge in [0.15, 0.2) is 6.10 Å². The number of rotatable bonds is 8. The van der Waals surface area contributed by atoms with Gasteiger partial charge in [0.05, 0.1) is 52.9 Å². The standard InChI is InChI=1S/C36H39ClN4O4S/c1-7-44-35(42)32(45-36(3,4)5)29-20(2)14-27-33(30(29)21-8-11-24(37)12-9-21)46-34(38-27)22-10-13-28-26(15-22)31(39-40(28)6)23-16-41(17-23)25-18-43-19-25/h8-15,23,25,32H,7,16-19H2,1-6H3/t32-/m0/s1. The van der Waals surface area contributed by atoms with Gasteiger partial charge in [-0.1, -0.05) is 23.7 Å². The fraction of sp³-hybridized carbons (Fsp3) is 0.417. The molecule has 2 aliphatic heterocycles. The minimum absolute atomic E-state index is 0.262. The predicted molar refractivity (Wildman–Crippen MR) is 184 cm³/mol. The summed E-state index contributed by atoms with van der Waals surface area (Å²) in [6, 6.07) is 16.8. The maximum Gasteiger partial charge on any atom is 0.339 e. The van der Waals surface area contributed by atoms with Gasteiger partial charge in [0, 0.05) is 53.2 Å². The number of carbonyl (C=O) groups excluding carboxylic acids is 1. The van der Waals surface area contributed by atoms with Crippen LogP contribution in [0.3, 0.4) is 0 Å². The summed E-state index contributed by atoms with van der Waals surface area (Å²) < 4.78 is 20.4. The number of hydrogen-bond donors (Lipinski definition) is 0. The Kier molecular flexibility index (Phi) is 8.18. The number of esters is 1. The van der Waals surface area contributed by atoms with E-state index in [0.29, 0.717) is 17.0 Å². The summed E-state index contributed by atoms with van der Waals surface area (Å²) in [7, 11) is 2.02. The molecule has 5 aromatic rings. The monoisotopic (exact) mass is 658 g/mol. The molecular weight excluding hydrogens is 620 g/mol. The lowest BCUT2D eigenvalue weighted by molar-refractivity contribution is -0.166. The van der Waals surface area contributed by atoms with Crippen LogP contribution in [0, 0.1) is 6.92 Å². The van der Waals surface area contributed by atoms with Crippen LogP contribution in [0.2, 0.25) is 5.02 Å². The van der Waals surface area contributed by atoms with Crippen molar-refractivity contribution in [2.45, 2.75) is 58.3 Å². The first-order chi connectivity index (χ1) is 22.0. The SMILES string of the molecule is CCOC(=O)[C@@H](OC(C)(C)C)c1c(C)cc2nc(-c3ccc4c(c3)c(C3CN(C5COC5)C3)nn4C)sc2c1-c1ccc(Cl)cc1. The molecule has 1 atom stereocenters. The smallest absolute Gasteiger partial charge is 0.339 e. The fourth-order valence-electron chi connectivity index (χ4n) is 6.52. The second-order valence-electron chi connectivity index (χ2n) is 13.3. The van der Waals surface area contributed by atoms with Gasteiger partial charge >= 0.3 is 5.97 Å². The first kappa shape index (κ1) is 31.3. The predicted octanol–water partition coefficient (Wildman–Crippen LogP) is 7.70. The molecule has 2 fully saturated rings. The summed E-state index contributed by atoms with van der Waals surface area (Å²) in [5, 5.41) is 7.68. The van der Waals surface area contributed by atoms with E-state index in [1.165, 1.54) is 5.39 Å². The van der Waals surface area contributed by atoms with Crippen LogP contribution in [0.25, 0.3) is 42.8 Å². The molecule has 0 N–H and O–H groups in total. The fourth-order valence-corrected chi connectivity index (χ4v) is 7.76. The molecule has 46 heavy (non-hydrogen) atoms. The van der Waals surface area contributed by atoms with Crippen molar-refractivity contribution in [2.24, 2.45) is 7.05 Å². The molecule has 0 aliphatic carbocycles. The summed E-state index contributed by atoms with van der Waals surface area (Å²) in [5.74, 6) is -0.00645. The van der Waals surface area contributed by atoms with Crippen LogP contribution in [0.4, 0.5) is 0 Å². The quantitative estimate of drug-likeness (QED) is 0.158. The van der Waals surface area contributed by atoms with Crippen molar-refractivity contribution in [3.63, 3.8) is 0 Å². The Labute approximate surface area is 278 Å². The zero-order valence-corrected chi connectivity index (χ0v) is 28.7. The zero-order valence-electron chi connectivity index (χ0n) is 27.1. The van der Waals surface area contributed by atoms with E-state index in [1.54, 1.807) is 11.3 Å². The van der Waals surface area contributed by atoms with Crippen molar-refractivity contribution in [3.8, 4) is 21.7 Å².